The fourth-order valence-corrected chi connectivity index (χ4v) is 3.68. The van der Waals surface area contributed by atoms with Crippen molar-refractivity contribution in [2.45, 2.75) is 52.0 Å². The van der Waals surface area contributed by atoms with Crippen molar-refractivity contribution < 1.29 is 4.74 Å². The van der Waals surface area contributed by atoms with Gasteiger partial charge in [0.15, 0.2) is 0 Å². The summed E-state index contributed by atoms with van der Waals surface area (Å²) in [6.07, 6.45) is 2.38. The van der Waals surface area contributed by atoms with Gasteiger partial charge in [-0.2, -0.15) is 0 Å². The average Bonchev–Trinajstić information content (AvgIpc) is 2.86. The predicted octanol–water partition coefficient (Wildman–Crippen LogP) is 2.91. The molecule has 1 saturated heterocycles. The van der Waals surface area contributed by atoms with Crippen LogP contribution in [0.4, 0.5) is 0 Å². The van der Waals surface area contributed by atoms with E-state index in [1.807, 2.05) is 0 Å². The van der Waals surface area contributed by atoms with Crippen LogP contribution >= 0.6 is 11.5 Å². The summed E-state index contributed by atoms with van der Waals surface area (Å²) in [7, 11) is 0. The van der Waals surface area contributed by atoms with Crippen LogP contribution in [0.1, 0.15) is 57.1 Å². The van der Waals surface area contributed by atoms with Gasteiger partial charge in [-0.15, -0.1) is 5.10 Å². The summed E-state index contributed by atoms with van der Waals surface area (Å²) in [6.45, 7) is 11.5. The molecule has 0 aromatic carbocycles. The molecule has 1 fully saturated rings. The highest BCUT2D eigenvalue weighted by Gasteiger charge is 2.32. The zero-order valence-corrected chi connectivity index (χ0v) is 13.2. The summed E-state index contributed by atoms with van der Waals surface area (Å²) >= 11 is 1.54. The molecule has 2 rings (SSSR count). The molecule has 1 aromatic rings. The van der Waals surface area contributed by atoms with E-state index in [-0.39, 0.29) is 5.41 Å². The molecular weight excluding hydrogens is 258 g/mol. The van der Waals surface area contributed by atoms with E-state index in [9.17, 15) is 0 Å². The number of rotatable bonds is 4. The standard InChI is InChI=1S/C14H25N3OS/c1-5-15-11(10-7-6-8-18-9-10)12-13(14(2,3)4)16-17-19-12/h10-11,15H,5-9H2,1-4H3. The Morgan fingerprint density at radius 1 is 1.47 bits per heavy atom. The van der Waals surface area contributed by atoms with E-state index in [1.165, 1.54) is 22.8 Å². The first kappa shape index (κ1) is 14.9. The van der Waals surface area contributed by atoms with Gasteiger partial charge in [0, 0.05) is 17.9 Å². The summed E-state index contributed by atoms with van der Waals surface area (Å²) in [5.41, 5.74) is 1.18. The number of hydrogen-bond acceptors (Lipinski definition) is 5. The molecule has 2 unspecified atom stereocenters. The highest BCUT2D eigenvalue weighted by atomic mass is 32.1. The lowest BCUT2D eigenvalue weighted by Gasteiger charge is -2.31. The van der Waals surface area contributed by atoms with Crippen molar-refractivity contribution >= 4 is 11.5 Å². The smallest absolute Gasteiger partial charge is 0.0857 e. The van der Waals surface area contributed by atoms with Gasteiger partial charge in [0.25, 0.3) is 0 Å². The maximum atomic E-state index is 5.66. The van der Waals surface area contributed by atoms with E-state index >= 15 is 0 Å². The zero-order valence-electron chi connectivity index (χ0n) is 12.4. The zero-order chi connectivity index (χ0) is 13.9. The summed E-state index contributed by atoms with van der Waals surface area (Å²) in [6, 6.07) is 0.333. The molecule has 2 atom stereocenters. The van der Waals surface area contributed by atoms with E-state index in [0.717, 1.165) is 31.9 Å². The first-order valence-electron chi connectivity index (χ1n) is 7.18. The first-order chi connectivity index (χ1) is 9.04. The number of aromatic nitrogens is 2. The third kappa shape index (κ3) is 3.52. The number of nitrogens with one attached hydrogen (secondary N) is 1. The van der Waals surface area contributed by atoms with Crippen LogP contribution in [0.2, 0.25) is 0 Å². The molecule has 0 aliphatic carbocycles. The van der Waals surface area contributed by atoms with Crippen LogP contribution < -0.4 is 5.32 Å². The summed E-state index contributed by atoms with van der Waals surface area (Å²) in [5.74, 6) is 0.539. The molecule has 4 nitrogen and oxygen atoms in total. The molecular formula is C14H25N3OS. The van der Waals surface area contributed by atoms with Crippen LogP contribution in [0, 0.1) is 5.92 Å². The van der Waals surface area contributed by atoms with Crippen molar-refractivity contribution in [2.24, 2.45) is 5.92 Å². The van der Waals surface area contributed by atoms with Crippen molar-refractivity contribution in [1.82, 2.24) is 14.9 Å². The van der Waals surface area contributed by atoms with Gasteiger partial charge in [-0.05, 0) is 30.9 Å². The Morgan fingerprint density at radius 3 is 2.84 bits per heavy atom. The summed E-state index contributed by atoms with van der Waals surface area (Å²) in [4.78, 5) is 1.30. The topological polar surface area (TPSA) is 47.0 Å². The van der Waals surface area contributed by atoms with Gasteiger partial charge in [0.1, 0.15) is 0 Å². The fraction of sp³-hybridized carbons (Fsp3) is 0.857. The highest BCUT2D eigenvalue weighted by molar-refractivity contribution is 7.05. The molecule has 19 heavy (non-hydrogen) atoms. The van der Waals surface area contributed by atoms with E-state index in [1.54, 1.807) is 0 Å². The molecule has 0 bridgehead atoms. The maximum absolute atomic E-state index is 5.66. The minimum atomic E-state index is 0.0472. The molecule has 0 spiro atoms. The van der Waals surface area contributed by atoms with E-state index < -0.39 is 0 Å². The Balaban J connectivity index is 2.25. The molecule has 108 valence electrons. The minimum Gasteiger partial charge on any atom is -0.381 e. The Hall–Kier alpha value is -0.520. The number of hydrogen-bond donors (Lipinski definition) is 1. The van der Waals surface area contributed by atoms with E-state index in [4.69, 9.17) is 4.74 Å². The lowest BCUT2D eigenvalue weighted by molar-refractivity contribution is 0.0395. The summed E-state index contributed by atoms with van der Waals surface area (Å²) in [5, 5.41) is 7.99. The van der Waals surface area contributed by atoms with Crippen molar-refractivity contribution in [3.05, 3.63) is 10.6 Å². The van der Waals surface area contributed by atoms with Gasteiger partial charge in [-0.1, -0.05) is 32.2 Å². The molecule has 0 saturated carbocycles. The van der Waals surface area contributed by atoms with Crippen LogP contribution in [-0.4, -0.2) is 29.3 Å². The summed E-state index contributed by atoms with van der Waals surface area (Å²) < 4.78 is 9.85. The second-order valence-corrected chi connectivity index (χ2v) is 7.03. The van der Waals surface area contributed by atoms with Gasteiger partial charge in [-0.25, -0.2) is 0 Å². The van der Waals surface area contributed by atoms with Crippen molar-refractivity contribution in [1.29, 1.82) is 0 Å². The molecule has 5 heteroatoms. The quantitative estimate of drug-likeness (QED) is 0.923. The normalized spacial score (nSPS) is 22.4. The molecule has 1 aliphatic rings. The van der Waals surface area contributed by atoms with Crippen molar-refractivity contribution in [2.75, 3.05) is 19.8 Å². The number of nitrogens with zero attached hydrogens (tertiary/aromatic N) is 2. The highest BCUT2D eigenvalue weighted by Crippen LogP contribution is 2.36. The lowest BCUT2D eigenvalue weighted by atomic mass is 9.85. The predicted molar refractivity (Wildman–Crippen MR) is 78.6 cm³/mol. The maximum Gasteiger partial charge on any atom is 0.0857 e. The second kappa shape index (κ2) is 6.29. The van der Waals surface area contributed by atoms with E-state index in [0.29, 0.717) is 12.0 Å². The molecule has 1 aromatic heterocycles. The first-order valence-corrected chi connectivity index (χ1v) is 7.95. The van der Waals surface area contributed by atoms with Crippen LogP contribution in [-0.2, 0) is 10.2 Å². The Morgan fingerprint density at radius 2 is 2.26 bits per heavy atom. The Kier molecular flexibility index (Phi) is 4.92. The molecule has 0 amide bonds. The Bertz CT molecular complexity index is 394. The largest absolute Gasteiger partial charge is 0.381 e. The monoisotopic (exact) mass is 283 g/mol. The molecule has 1 N–H and O–H groups in total. The number of ether oxygens (including phenoxy) is 1. The van der Waals surface area contributed by atoms with Gasteiger partial charge in [0.2, 0.25) is 0 Å². The van der Waals surface area contributed by atoms with Crippen molar-refractivity contribution in [3.63, 3.8) is 0 Å². The molecule has 2 heterocycles. The van der Waals surface area contributed by atoms with Crippen LogP contribution in [0.25, 0.3) is 0 Å². The van der Waals surface area contributed by atoms with Gasteiger partial charge in [0.05, 0.1) is 23.2 Å². The SMILES string of the molecule is CCNC(c1snnc1C(C)(C)C)C1CCCOC1. The van der Waals surface area contributed by atoms with Crippen LogP contribution in [0.5, 0.6) is 0 Å². The lowest BCUT2D eigenvalue weighted by Crippen LogP contribution is -2.34. The molecule has 1 aliphatic heterocycles. The van der Waals surface area contributed by atoms with E-state index in [2.05, 4.69) is 42.6 Å². The Labute approximate surface area is 120 Å². The van der Waals surface area contributed by atoms with Gasteiger partial charge >= 0.3 is 0 Å². The van der Waals surface area contributed by atoms with Crippen molar-refractivity contribution in [3.8, 4) is 0 Å². The third-order valence-corrected chi connectivity index (χ3v) is 4.40. The van der Waals surface area contributed by atoms with Gasteiger partial charge < -0.3 is 10.1 Å². The second-order valence-electron chi connectivity index (χ2n) is 6.25. The van der Waals surface area contributed by atoms with Crippen LogP contribution in [0.15, 0.2) is 0 Å². The fourth-order valence-electron chi connectivity index (χ4n) is 2.64. The van der Waals surface area contributed by atoms with Crippen LogP contribution in [0.3, 0.4) is 0 Å². The minimum absolute atomic E-state index is 0.0472. The third-order valence-electron chi connectivity index (χ3n) is 3.60. The van der Waals surface area contributed by atoms with Gasteiger partial charge in [-0.3, -0.25) is 0 Å². The average molecular weight is 283 g/mol. The molecule has 0 radical (unpaired) electrons.